The van der Waals surface area contributed by atoms with Crippen molar-refractivity contribution in [3.63, 3.8) is 0 Å². The zero-order valence-electron chi connectivity index (χ0n) is 13.9. The van der Waals surface area contributed by atoms with Gasteiger partial charge in [-0.05, 0) is 24.6 Å². The van der Waals surface area contributed by atoms with Crippen molar-refractivity contribution in [3.05, 3.63) is 59.2 Å². The van der Waals surface area contributed by atoms with Crippen molar-refractivity contribution in [3.8, 4) is 11.1 Å². The Labute approximate surface area is 149 Å². The number of rotatable bonds is 5. The number of primary amides is 1. The van der Waals surface area contributed by atoms with Crippen LogP contribution in [0.25, 0.3) is 11.1 Å². The molecular formula is C17H16F2N2O4S. The standard InChI is InChI=1S/C17H16F2N2O4S/c1-9(17(23)21-26(2,24)25)10-6-7-11(14(19)8-10)12-4-3-5-13(18)15(12)16(20)22/h3-9H,1-2H3,(H2,20,22)(H,21,23). The molecule has 0 aliphatic carbocycles. The second kappa shape index (κ2) is 7.20. The third kappa shape index (κ3) is 4.23. The molecule has 0 saturated heterocycles. The summed E-state index contributed by atoms with van der Waals surface area (Å²) in [6.45, 7) is 1.41. The van der Waals surface area contributed by atoms with Crippen molar-refractivity contribution in [2.24, 2.45) is 5.73 Å². The highest BCUT2D eigenvalue weighted by Crippen LogP contribution is 2.30. The zero-order chi connectivity index (χ0) is 19.6. The average Bonchev–Trinajstić information content (AvgIpc) is 2.51. The van der Waals surface area contributed by atoms with Gasteiger partial charge in [0.05, 0.1) is 17.7 Å². The second-order valence-electron chi connectivity index (χ2n) is 5.73. The molecule has 138 valence electrons. The van der Waals surface area contributed by atoms with E-state index in [1.807, 2.05) is 4.72 Å². The number of hydrogen-bond donors (Lipinski definition) is 2. The second-order valence-corrected chi connectivity index (χ2v) is 7.47. The highest BCUT2D eigenvalue weighted by atomic mass is 32.2. The fraction of sp³-hybridized carbons (Fsp3) is 0.176. The van der Waals surface area contributed by atoms with E-state index in [-0.39, 0.29) is 16.7 Å². The van der Waals surface area contributed by atoms with Crippen LogP contribution in [0, 0.1) is 11.6 Å². The predicted molar refractivity (Wildman–Crippen MR) is 91.7 cm³/mol. The van der Waals surface area contributed by atoms with Gasteiger partial charge in [-0.15, -0.1) is 0 Å². The van der Waals surface area contributed by atoms with E-state index in [0.717, 1.165) is 18.4 Å². The first-order valence-electron chi connectivity index (χ1n) is 7.41. The third-order valence-electron chi connectivity index (χ3n) is 3.72. The normalized spacial score (nSPS) is 12.5. The molecule has 2 aromatic rings. The van der Waals surface area contributed by atoms with Crippen LogP contribution >= 0.6 is 0 Å². The molecule has 0 aliphatic rings. The molecule has 0 fully saturated rings. The van der Waals surface area contributed by atoms with Gasteiger partial charge in [-0.3, -0.25) is 14.3 Å². The molecular weight excluding hydrogens is 366 g/mol. The van der Waals surface area contributed by atoms with Gasteiger partial charge in [-0.25, -0.2) is 17.2 Å². The van der Waals surface area contributed by atoms with Gasteiger partial charge in [-0.2, -0.15) is 0 Å². The maximum absolute atomic E-state index is 14.5. The van der Waals surface area contributed by atoms with Gasteiger partial charge in [-0.1, -0.05) is 24.3 Å². The Morgan fingerprint density at radius 2 is 1.73 bits per heavy atom. The van der Waals surface area contributed by atoms with E-state index >= 15 is 0 Å². The SMILES string of the molecule is CC(C(=O)NS(C)(=O)=O)c1ccc(-c2cccc(F)c2C(N)=O)c(F)c1. The van der Waals surface area contributed by atoms with Gasteiger partial charge < -0.3 is 5.73 Å². The van der Waals surface area contributed by atoms with E-state index in [4.69, 9.17) is 5.73 Å². The lowest BCUT2D eigenvalue weighted by Crippen LogP contribution is -2.32. The van der Waals surface area contributed by atoms with E-state index in [0.29, 0.717) is 0 Å². The summed E-state index contributed by atoms with van der Waals surface area (Å²) >= 11 is 0. The highest BCUT2D eigenvalue weighted by molar-refractivity contribution is 7.89. The number of hydrogen-bond acceptors (Lipinski definition) is 4. The van der Waals surface area contributed by atoms with Crippen LogP contribution in [0.3, 0.4) is 0 Å². The Hall–Kier alpha value is -2.81. The quantitative estimate of drug-likeness (QED) is 0.824. The van der Waals surface area contributed by atoms with Crippen molar-refractivity contribution < 1.29 is 26.8 Å². The maximum Gasteiger partial charge on any atom is 0.252 e. The van der Waals surface area contributed by atoms with E-state index in [1.165, 1.54) is 31.2 Å². The van der Waals surface area contributed by atoms with E-state index in [1.54, 1.807) is 0 Å². The molecule has 0 spiro atoms. The first-order valence-corrected chi connectivity index (χ1v) is 9.30. The van der Waals surface area contributed by atoms with Crippen LogP contribution in [0.15, 0.2) is 36.4 Å². The number of halogens is 2. The number of nitrogens with one attached hydrogen (secondary N) is 1. The van der Waals surface area contributed by atoms with Gasteiger partial charge in [0.1, 0.15) is 11.6 Å². The number of benzene rings is 2. The minimum Gasteiger partial charge on any atom is -0.365 e. The summed E-state index contributed by atoms with van der Waals surface area (Å²) in [6, 6.07) is 7.38. The summed E-state index contributed by atoms with van der Waals surface area (Å²) in [7, 11) is -3.74. The van der Waals surface area contributed by atoms with Crippen molar-refractivity contribution >= 4 is 21.8 Å². The fourth-order valence-electron chi connectivity index (χ4n) is 2.44. The van der Waals surface area contributed by atoms with E-state index in [2.05, 4.69) is 0 Å². The molecule has 3 N–H and O–H groups in total. The number of amides is 2. The lowest BCUT2D eigenvalue weighted by atomic mass is 9.94. The predicted octanol–water partition coefficient (Wildman–Crippen LogP) is 1.91. The van der Waals surface area contributed by atoms with Crippen LogP contribution in [-0.2, 0) is 14.8 Å². The Morgan fingerprint density at radius 1 is 1.08 bits per heavy atom. The Balaban J connectivity index is 2.45. The number of sulfonamides is 1. The summed E-state index contributed by atoms with van der Waals surface area (Å²) < 4.78 is 52.5. The molecule has 0 aromatic heterocycles. The summed E-state index contributed by atoms with van der Waals surface area (Å²) in [6.07, 6.45) is 0.830. The largest absolute Gasteiger partial charge is 0.365 e. The van der Waals surface area contributed by atoms with E-state index in [9.17, 15) is 26.8 Å². The molecule has 9 heteroatoms. The monoisotopic (exact) mass is 382 g/mol. The number of nitrogens with two attached hydrogens (primary N) is 1. The molecule has 0 aliphatic heterocycles. The minimum absolute atomic E-state index is 0.0187. The Bertz CT molecular complexity index is 990. The van der Waals surface area contributed by atoms with Crippen molar-refractivity contribution in [2.45, 2.75) is 12.8 Å². The van der Waals surface area contributed by atoms with Gasteiger partial charge in [0.15, 0.2) is 0 Å². The first-order chi connectivity index (χ1) is 12.0. The maximum atomic E-state index is 14.5. The fourth-order valence-corrected chi connectivity index (χ4v) is 2.98. The molecule has 0 saturated carbocycles. The molecule has 0 bridgehead atoms. The van der Waals surface area contributed by atoms with Crippen LogP contribution in [0.2, 0.25) is 0 Å². The van der Waals surface area contributed by atoms with Crippen LogP contribution in [-0.4, -0.2) is 26.5 Å². The summed E-state index contributed by atoms with van der Waals surface area (Å²) in [4.78, 5) is 23.4. The average molecular weight is 382 g/mol. The molecule has 26 heavy (non-hydrogen) atoms. The number of carbonyl (C=O) groups excluding carboxylic acids is 2. The third-order valence-corrected chi connectivity index (χ3v) is 4.29. The van der Waals surface area contributed by atoms with Crippen molar-refractivity contribution in [1.29, 1.82) is 0 Å². The van der Waals surface area contributed by atoms with Crippen molar-refractivity contribution in [2.75, 3.05) is 6.26 Å². The molecule has 0 heterocycles. The summed E-state index contributed by atoms with van der Waals surface area (Å²) in [5.74, 6) is -4.49. The van der Waals surface area contributed by atoms with Gasteiger partial charge in [0.2, 0.25) is 15.9 Å². The van der Waals surface area contributed by atoms with Crippen LogP contribution < -0.4 is 10.5 Å². The Kier molecular flexibility index (Phi) is 5.41. The topological polar surface area (TPSA) is 106 Å². The molecule has 2 rings (SSSR count). The molecule has 1 unspecified atom stereocenters. The first kappa shape index (κ1) is 19.5. The minimum atomic E-state index is -3.74. The molecule has 1 atom stereocenters. The molecule has 6 nitrogen and oxygen atoms in total. The molecule has 2 amide bonds. The molecule has 0 radical (unpaired) electrons. The van der Waals surface area contributed by atoms with Crippen LogP contribution in [0.1, 0.15) is 28.8 Å². The summed E-state index contributed by atoms with van der Waals surface area (Å²) in [5, 5.41) is 0. The summed E-state index contributed by atoms with van der Waals surface area (Å²) in [5.41, 5.74) is 4.85. The van der Waals surface area contributed by atoms with Gasteiger partial charge in [0, 0.05) is 11.1 Å². The van der Waals surface area contributed by atoms with Crippen LogP contribution in [0.4, 0.5) is 8.78 Å². The zero-order valence-corrected chi connectivity index (χ0v) is 14.7. The lowest BCUT2D eigenvalue weighted by molar-refractivity contribution is -0.120. The van der Waals surface area contributed by atoms with E-state index < -0.39 is 45.0 Å². The van der Waals surface area contributed by atoms with Gasteiger partial charge >= 0.3 is 0 Å². The van der Waals surface area contributed by atoms with Crippen molar-refractivity contribution in [1.82, 2.24) is 4.72 Å². The smallest absolute Gasteiger partial charge is 0.252 e. The lowest BCUT2D eigenvalue weighted by Gasteiger charge is -2.14. The highest BCUT2D eigenvalue weighted by Gasteiger charge is 2.22. The van der Waals surface area contributed by atoms with Crippen LogP contribution in [0.5, 0.6) is 0 Å². The number of carbonyl (C=O) groups is 2. The Morgan fingerprint density at radius 3 is 2.27 bits per heavy atom. The molecule has 2 aromatic carbocycles. The van der Waals surface area contributed by atoms with Gasteiger partial charge in [0.25, 0.3) is 5.91 Å².